The topological polar surface area (TPSA) is 77.9 Å². The van der Waals surface area contributed by atoms with Gasteiger partial charge in [-0.1, -0.05) is 0 Å². The van der Waals surface area contributed by atoms with Gasteiger partial charge in [0.25, 0.3) is 0 Å². The largest absolute Gasteiger partial charge is 0.480 e. The van der Waals surface area contributed by atoms with Gasteiger partial charge in [0.1, 0.15) is 17.2 Å². The molecule has 130 valence electrons. The molecule has 0 radical (unpaired) electrons. The van der Waals surface area contributed by atoms with Crippen LogP contribution in [0.1, 0.15) is 20.3 Å². The summed E-state index contributed by atoms with van der Waals surface area (Å²) in [5, 5.41) is 9.19. The molecule has 1 unspecified atom stereocenters. The van der Waals surface area contributed by atoms with E-state index in [0.29, 0.717) is 6.07 Å². The van der Waals surface area contributed by atoms with E-state index in [-0.39, 0.29) is 18.7 Å². The monoisotopic (exact) mass is 340 g/mol. The van der Waals surface area contributed by atoms with Gasteiger partial charge < -0.3 is 14.9 Å². The fourth-order valence-corrected chi connectivity index (χ4v) is 2.50. The van der Waals surface area contributed by atoms with E-state index < -0.39 is 40.9 Å². The molecule has 0 bridgehead atoms. The summed E-state index contributed by atoms with van der Waals surface area (Å²) in [5.74, 6) is -4.61. The number of carboxylic acids is 1. The highest BCUT2D eigenvalue weighted by Crippen LogP contribution is 2.29. The maximum Gasteiger partial charge on any atom is 0.329 e. The number of likely N-dealkylation sites (N-methyl/N-ethyl adjacent to an activating group) is 1. The van der Waals surface area contributed by atoms with Gasteiger partial charge in [-0.15, -0.1) is 0 Å². The van der Waals surface area contributed by atoms with Crippen molar-refractivity contribution in [1.82, 2.24) is 4.90 Å². The molecule has 24 heavy (non-hydrogen) atoms. The molecule has 1 heterocycles. The van der Waals surface area contributed by atoms with Crippen LogP contribution in [0.3, 0.4) is 0 Å². The summed E-state index contributed by atoms with van der Waals surface area (Å²) < 4.78 is 26.8. The standard InChI is InChI=1S/C16H18F2N2O4/c1-16(2,15(23)24)19(3)14(22)9-6-13(21)20(8-9)12-5-4-10(17)7-11(12)18/h4-5,7,9H,6,8H2,1-3H3,(H,23,24). The minimum atomic E-state index is -1.44. The Bertz CT molecular complexity index is 705. The van der Waals surface area contributed by atoms with Crippen molar-refractivity contribution >= 4 is 23.5 Å². The molecular formula is C16H18F2N2O4. The van der Waals surface area contributed by atoms with Crippen LogP contribution < -0.4 is 4.90 Å². The number of carbonyl (C=O) groups excluding carboxylic acids is 2. The molecule has 1 aliphatic rings. The van der Waals surface area contributed by atoms with E-state index in [4.69, 9.17) is 0 Å². The molecular weight excluding hydrogens is 322 g/mol. The smallest absolute Gasteiger partial charge is 0.329 e. The van der Waals surface area contributed by atoms with E-state index in [1.165, 1.54) is 20.9 Å². The van der Waals surface area contributed by atoms with Gasteiger partial charge in [0.2, 0.25) is 11.8 Å². The Balaban J connectivity index is 2.20. The van der Waals surface area contributed by atoms with E-state index in [0.717, 1.165) is 21.9 Å². The van der Waals surface area contributed by atoms with Crippen molar-refractivity contribution in [3.8, 4) is 0 Å². The molecule has 1 N–H and O–H groups in total. The first kappa shape index (κ1) is 17.8. The van der Waals surface area contributed by atoms with E-state index in [9.17, 15) is 28.3 Å². The molecule has 1 fully saturated rings. The molecule has 1 saturated heterocycles. The lowest BCUT2D eigenvalue weighted by molar-refractivity contribution is -0.156. The first-order chi connectivity index (χ1) is 11.1. The second-order valence-electron chi connectivity index (χ2n) is 6.26. The molecule has 0 spiro atoms. The molecule has 2 rings (SSSR count). The van der Waals surface area contributed by atoms with Gasteiger partial charge >= 0.3 is 5.97 Å². The molecule has 8 heteroatoms. The summed E-state index contributed by atoms with van der Waals surface area (Å²) in [5.41, 5.74) is -1.54. The Morgan fingerprint density at radius 3 is 2.50 bits per heavy atom. The minimum absolute atomic E-state index is 0.0831. The normalized spacial score (nSPS) is 18.0. The summed E-state index contributed by atoms with van der Waals surface area (Å²) in [6.07, 6.45) is -0.157. The van der Waals surface area contributed by atoms with Crippen LogP contribution in [0.15, 0.2) is 18.2 Å². The number of halogens is 2. The highest BCUT2D eigenvalue weighted by atomic mass is 19.1. The Morgan fingerprint density at radius 1 is 1.33 bits per heavy atom. The molecule has 0 saturated carbocycles. The average molecular weight is 340 g/mol. The Morgan fingerprint density at radius 2 is 1.96 bits per heavy atom. The lowest BCUT2D eigenvalue weighted by atomic mass is 10.00. The third-order valence-electron chi connectivity index (χ3n) is 4.37. The summed E-state index contributed by atoms with van der Waals surface area (Å²) in [6, 6.07) is 2.83. The number of nitrogens with zero attached hydrogens (tertiary/aromatic N) is 2. The number of carbonyl (C=O) groups is 3. The van der Waals surface area contributed by atoms with Crippen molar-refractivity contribution in [1.29, 1.82) is 0 Å². The van der Waals surface area contributed by atoms with Crippen molar-refractivity contribution < 1.29 is 28.3 Å². The zero-order valence-corrected chi connectivity index (χ0v) is 13.5. The highest BCUT2D eigenvalue weighted by Gasteiger charge is 2.42. The first-order valence-corrected chi connectivity index (χ1v) is 7.32. The molecule has 1 aliphatic heterocycles. The zero-order chi connectivity index (χ0) is 18.2. The number of carboxylic acid groups (broad SMARTS) is 1. The second-order valence-corrected chi connectivity index (χ2v) is 6.26. The lowest BCUT2D eigenvalue weighted by Crippen LogP contribution is -2.52. The predicted molar refractivity (Wildman–Crippen MR) is 81.3 cm³/mol. The molecule has 1 aromatic rings. The molecule has 1 atom stereocenters. The Labute approximate surface area is 137 Å². The fraction of sp³-hybridized carbons (Fsp3) is 0.438. The Kier molecular flexibility index (Phi) is 4.59. The summed E-state index contributed by atoms with van der Waals surface area (Å²) in [6.45, 7) is 2.67. The van der Waals surface area contributed by atoms with Crippen molar-refractivity contribution in [2.24, 2.45) is 5.92 Å². The van der Waals surface area contributed by atoms with Crippen molar-refractivity contribution in [2.75, 3.05) is 18.5 Å². The van der Waals surface area contributed by atoms with E-state index in [1.54, 1.807) is 0 Å². The van der Waals surface area contributed by atoms with Crippen LogP contribution in [-0.4, -0.2) is 46.9 Å². The number of aliphatic carboxylic acids is 1. The van der Waals surface area contributed by atoms with Crippen LogP contribution in [-0.2, 0) is 14.4 Å². The lowest BCUT2D eigenvalue weighted by Gasteiger charge is -2.33. The molecule has 2 amide bonds. The van der Waals surface area contributed by atoms with Gasteiger partial charge in [-0.3, -0.25) is 9.59 Å². The molecule has 0 aliphatic carbocycles. The van der Waals surface area contributed by atoms with Crippen molar-refractivity contribution in [3.05, 3.63) is 29.8 Å². The quantitative estimate of drug-likeness (QED) is 0.904. The summed E-state index contributed by atoms with van der Waals surface area (Å²) in [4.78, 5) is 38.0. The Hall–Kier alpha value is -2.51. The van der Waals surface area contributed by atoms with Crippen LogP contribution in [0.25, 0.3) is 0 Å². The molecule has 6 nitrogen and oxygen atoms in total. The van der Waals surface area contributed by atoms with Crippen LogP contribution in [0, 0.1) is 17.6 Å². The van der Waals surface area contributed by atoms with Crippen molar-refractivity contribution in [3.63, 3.8) is 0 Å². The van der Waals surface area contributed by atoms with Crippen LogP contribution in [0.2, 0.25) is 0 Å². The number of amides is 2. The number of benzene rings is 1. The van der Waals surface area contributed by atoms with Crippen LogP contribution >= 0.6 is 0 Å². The third kappa shape index (κ3) is 3.08. The first-order valence-electron chi connectivity index (χ1n) is 7.32. The fourth-order valence-electron chi connectivity index (χ4n) is 2.50. The maximum atomic E-state index is 13.9. The van der Waals surface area contributed by atoms with Gasteiger partial charge in [-0.2, -0.15) is 0 Å². The average Bonchev–Trinajstić information content (AvgIpc) is 2.87. The van der Waals surface area contributed by atoms with Gasteiger partial charge in [0.15, 0.2) is 0 Å². The van der Waals surface area contributed by atoms with Crippen molar-refractivity contribution in [2.45, 2.75) is 25.8 Å². The van der Waals surface area contributed by atoms with Crippen LogP contribution in [0.4, 0.5) is 14.5 Å². The number of hydrogen-bond acceptors (Lipinski definition) is 3. The van der Waals surface area contributed by atoms with Gasteiger partial charge in [0.05, 0.1) is 11.6 Å². The predicted octanol–water partition coefficient (Wildman–Crippen LogP) is 1.64. The molecule has 0 aromatic heterocycles. The zero-order valence-electron chi connectivity index (χ0n) is 13.5. The minimum Gasteiger partial charge on any atom is -0.480 e. The van der Waals surface area contributed by atoms with E-state index in [1.807, 2.05) is 0 Å². The van der Waals surface area contributed by atoms with Gasteiger partial charge in [0, 0.05) is 26.1 Å². The number of hydrogen-bond donors (Lipinski definition) is 1. The SMILES string of the molecule is CN(C(=O)C1CC(=O)N(c2ccc(F)cc2F)C1)C(C)(C)C(=O)O. The third-order valence-corrected chi connectivity index (χ3v) is 4.37. The van der Waals surface area contributed by atoms with E-state index >= 15 is 0 Å². The summed E-state index contributed by atoms with van der Waals surface area (Å²) >= 11 is 0. The van der Waals surface area contributed by atoms with Gasteiger partial charge in [-0.05, 0) is 26.0 Å². The summed E-state index contributed by atoms with van der Waals surface area (Å²) in [7, 11) is 1.35. The number of anilines is 1. The highest BCUT2D eigenvalue weighted by molar-refractivity contribution is 6.01. The molecule has 1 aromatic carbocycles. The maximum absolute atomic E-state index is 13.9. The number of rotatable bonds is 4. The van der Waals surface area contributed by atoms with E-state index in [2.05, 4.69) is 0 Å². The van der Waals surface area contributed by atoms with Gasteiger partial charge in [-0.25, -0.2) is 13.6 Å². The second kappa shape index (κ2) is 6.18. The van der Waals surface area contributed by atoms with Crippen LogP contribution in [0.5, 0.6) is 0 Å².